The molecule has 9 nitrogen and oxygen atoms in total. The molecule has 34 heavy (non-hydrogen) atoms. The van der Waals surface area contributed by atoms with Crippen molar-refractivity contribution in [2.45, 2.75) is 43.9 Å². The van der Waals surface area contributed by atoms with Gasteiger partial charge in [-0.25, -0.2) is 4.79 Å². The number of alkyl halides is 3. The number of aromatic nitrogens is 1. The van der Waals surface area contributed by atoms with Gasteiger partial charge >= 0.3 is 12.1 Å². The fraction of sp³-hybridized carbons (Fsp3) is 0.636. The van der Waals surface area contributed by atoms with Crippen LogP contribution < -0.4 is 10.1 Å². The van der Waals surface area contributed by atoms with Crippen molar-refractivity contribution < 1.29 is 42.1 Å². The maximum atomic E-state index is 12.8. The zero-order valence-electron chi connectivity index (χ0n) is 18.8. The number of hydrogen-bond donors (Lipinski definition) is 2. The zero-order valence-corrected chi connectivity index (χ0v) is 18.8. The van der Waals surface area contributed by atoms with Crippen LogP contribution in [0.1, 0.15) is 32.1 Å². The quantitative estimate of drug-likeness (QED) is 0.630. The monoisotopic (exact) mass is 487 g/mol. The smallest absolute Gasteiger partial charge is 0.490 e. The lowest BCUT2D eigenvalue weighted by molar-refractivity contribution is -0.192. The van der Waals surface area contributed by atoms with Crippen LogP contribution in [0.25, 0.3) is 0 Å². The van der Waals surface area contributed by atoms with Crippen molar-refractivity contribution >= 4 is 17.8 Å². The van der Waals surface area contributed by atoms with E-state index in [1.54, 1.807) is 19.5 Å². The first-order chi connectivity index (χ1) is 16.0. The predicted molar refractivity (Wildman–Crippen MR) is 112 cm³/mol. The van der Waals surface area contributed by atoms with Crippen molar-refractivity contribution in [3.8, 4) is 5.75 Å². The molecule has 0 radical (unpaired) electrons. The number of carboxylic acids is 1. The van der Waals surface area contributed by atoms with Gasteiger partial charge in [-0.1, -0.05) is 0 Å². The number of aliphatic carboxylic acids is 1. The Balaban J connectivity index is 0.000000406. The summed E-state index contributed by atoms with van der Waals surface area (Å²) in [6.07, 6.45) is 2.38. The van der Waals surface area contributed by atoms with Crippen molar-refractivity contribution in [3.05, 3.63) is 24.5 Å². The highest BCUT2D eigenvalue weighted by Crippen LogP contribution is 2.43. The van der Waals surface area contributed by atoms with Crippen LogP contribution >= 0.6 is 0 Å². The van der Waals surface area contributed by atoms with Crippen molar-refractivity contribution in [1.82, 2.24) is 15.2 Å². The minimum Gasteiger partial charge on any atom is -0.492 e. The molecule has 188 valence electrons. The maximum absolute atomic E-state index is 12.8. The lowest BCUT2D eigenvalue weighted by Gasteiger charge is -2.40. The lowest BCUT2D eigenvalue weighted by atomic mass is 9.76. The number of methoxy groups -OCH3 is 1. The van der Waals surface area contributed by atoms with Crippen LogP contribution in [0.4, 0.5) is 13.2 Å². The van der Waals surface area contributed by atoms with Crippen molar-refractivity contribution in [3.63, 3.8) is 0 Å². The van der Waals surface area contributed by atoms with Crippen LogP contribution in [0.15, 0.2) is 24.5 Å². The molecule has 12 heteroatoms. The first-order valence-electron chi connectivity index (χ1n) is 11.0. The normalized spacial score (nSPS) is 25.2. The third-order valence-electron chi connectivity index (χ3n) is 6.90. The maximum Gasteiger partial charge on any atom is 0.490 e. The Bertz CT molecular complexity index is 888. The molecule has 4 rings (SSSR count). The third-order valence-corrected chi connectivity index (χ3v) is 6.90. The number of halogens is 3. The standard InChI is InChI=1S/C20H27N3O4.C2HF3O2/c1-26-19(5-3-6-19)10-17(24)23-9-7-20(14-23)15(11-22-18(20)25)13-27-16-4-2-8-21-12-16;3-2(4,5)1(6)7/h2,4,8,12,15H,3,5-7,9-11,13-14H2,1H3,(H,22,25);(H,6,7)/t15-,20-;/m1./s1. The SMILES string of the molecule is COC1(CC(=O)N2CC[C@]3(C2)C(=O)NC[C@@H]3COc2cccnc2)CCC1.O=C(O)C(F)(F)F. The van der Waals surface area contributed by atoms with E-state index in [1.807, 2.05) is 17.0 Å². The van der Waals surface area contributed by atoms with Crippen LogP contribution in [0.5, 0.6) is 5.75 Å². The number of nitrogens with zero attached hydrogens (tertiary/aromatic N) is 2. The number of nitrogens with one attached hydrogen (secondary N) is 1. The van der Waals surface area contributed by atoms with Gasteiger partial charge in [0.05, 0.1) is 30.2 Å². The molecule has 0 unspecified atom stereocenters. The minimum absolute atomic E-state index is 0.0442. The molecular weight excluding hydrogens is 459 g/mol. The molecule has 1 saturated carbocycles. The van der Waals surface area contributed by atoms with Crippen LogP contribution in [-0.4, -0.2) is 77.9 Å². The number of amides is 2. The number of carboxylic acid groups (broad SMARTS) is 1. The molecule has 2 amide bonds. The Kier molecular flexibility index (Phi) is 7.69. The molecule has 2 aliphatic heterocycles. The van der Waals surface area contributed by atoms with E-state index in [2.05, 4.69) is 10.3 Å². The summed E-state index contributed by atoms with van der Waals surface area (Å²) in [6, 6.07) is 3.68. The zero-order chi connectivity index (χ0) is 25.0. The molecule has 3 fully saturated rings. The van der Waals surface area contributed by atoms with E-state index >= 15 is 0 Å². The number of hydrogen-bond acceptors (Lipinski definition) is 6. The van der Waals surface area contributed by atoms with Gasteiger partial charge in [0.1, 0.15) is 5.75 Å². The van der Waals surface area contributed by atoms with E-state index in [-0.39, 0.29) is 23.3 Å². The minimum atomic E-state index is -5.08. The summed E-state index contributed by atoms with van der Waals surface area (Å²) in [5.41, 5.74) is -0.828. The molecule has 2 N–H and O–H groups in total. The lowest BCUT2D eigenvalue weighted by Crippen LogP contribution is -2.46. The van der Waals surface area contributed by atoms with E-state index in [4.69, 9.17) is 19.4 Å². The average molecular weight is 487 g/mol. The second-order valence-electron chi connectivity index (χ2n) is 8.85. The van der Waals surface area contributed by atoms with Gasteiger partial charge in [0.2, 0.25) is 11.8 Å². The van der Waals surface area contributed by atoms with Gasteiger partial charge in [-0.05, 0) is 37.8 Å². The molecule has 0 bridgehead atoms. The summed E-state index contributed by atoms with van der Waals surface area (Å²) in [5, 5.41) is 10.1. The number of rotatable bonds is 6. The molecule has 1 spiro atoms. The molecule has 1 aliphatic carbocycles. The van der Waals surface area contributed by atoms with Crippen molar-refractivity contribution in [1.29, 1.82) is 0 Å². The predicted octanol–water partition coefficient (Wildman–Crippen LogP) is 2.02. The molecule has 2 atom stereocenters. The summed E-state index contributed by atoms with van der Waals surface area (Å²) in [6.45, 7) is 2.12. The Labute approximate surface area is 194 Å². The number of carbonyl (C=O) groups is 3. The van der Waals surface area contributed by atoms with Crippen molar-refractivity contribution in [2.75, 3.05) is 33.4 Å². The van der Waals surface area contributed by atoms with Gasteiger partial charge in [0.15, 0.2) is 0 Å². The fourth-order valence-electron chi connectivity index (χ4n) is 4.60. The molecule has 0 aromatic carbocycles. The highest BCUT2D eigenvalue weighted by molar-refractivity contribution is 5.87. The number of ether oxygens (including phenoxy) is 2. The van der Waals surface area contributed by atoms with E-state index in [0.29, 0.717) is 44.8 Å². The first-order valence-corrected chi connectivity index (χ1v) is 11.0. The Morgan fingerprint density at radius 3 is 2.56 bits per heavy atom. The first kappa shape index (κ1) is 25.7. The molecule has 3 heterocycles. The van der Waals surface area contributed by atoms with Gasteiger partial charge in [-0.15, -0.1) is 0 Å². The van der Waals surface area contributed by atoms with E-state index in [9.17, 15) is 22.8 Å². The van der Waals surface area contributed by atoms with Crippen LogP contribution in [0.2, 0.25) is 0 Å². The molecule has 3 aliphatic rings. The summed E-state index contributed by atoms with van der Waals surface area (Å²) >= 11 is 0. The van der Waals surface area contributed by atoms with E-state index in [0.717, 1.165) is 19.3 Å². The van der Waals surface area contributed by atoms with Crippen molar-refractivity contribution in [2.24, 2.45) is 11.3 Å². The molecule has 1 aromatic rings. The highest BCUT2D eigenvalue weighted by atomic mass is 19.4. The number of likely N-dealkylation sites (tertiary alicyclic amines) is 1. The number of pyridine rings is 1. The molecular formula is C22H28F3N3O6. The Hall–Kier alpha value is -2.89. The van der Waals surface area contributed by atoms with E-state index < -0.39 is 17.6 Å². The second-order valence-corrected chi connectivity index (χ2v) is 8.85. The van der Waals surface area contributed by atoms with Crippen LogP contribution in [0, 0.1) is 11.3 Å². The molecule has 2 saturated heterocycles. The Morgan fingerprint density at radius 2 is 2.03 bits per heavy atom. The topological polar surface area (TPSA) is 118 Å². The van der Waals surface area contributed by atoms with Gasteiger partial charge in [0.25, 0.3) is 0 Å². The summed E-state index contributed by atoms with van der Waals surface area (Å²) in [5.74, 6) is -1.87. The van der Waals surface area contributed by atoms with Gasteiger partial charge in [-0.3, -0.25) is 14.6 Å². The highest BCUT2D eigenvalue weighted by Gasteiger charge is 2.55. The summed E-state index contributed by atoms with van der Waals surface area (Å²) < 4.78 is 43.2. The van der Waals surface area contributed by atoms with Gasteiger partial charge < -0.3 is 24.8 Å². The Morgan fingerprint density at radius 1 is 1.32 bits per heavy atom. The van der Waals surface area contributed by atoms with Gasteiger partial charge in [0, 0.05) is 38.9 Å². The third kappa shape index (κ3) is 5.60. The van der Waals surface area contributed by atoms with E-state index in [1.165, 1.54) is 0 Å². The number of carbonyl (C=O) groups excluding carboxylic acids is 2. The average Bonchev–Trinajstić information content (AvgIpc) is 3.35. The van der Waals surface area contributed by atoms with Crippen LogP contribution in [0.3, 0.4) is 0 Å². The largest absolute Gasteiger partial charge is 0.492 e. The summed E-state index contributed by atoms with van der Waals surface area (Å²) in [7, 11) is 1.69. The fourth-order valence-corrected chi connectivity index (χ4v) is 4.60. The second kappa shape index (κ2) is 10.2. The summed E-state index contributed by atoms with van der Waals surface area (Å²) in [4.78, 5) is 40.3. The van der Waals surface area contributed by atoms with Gasteiger partial charge in [-0.2, -0.15) is 13.2 Å². The van der Waals surface area contributed by atoms with Crippen LogP contribution in [-0.2, 0) is 19.1 Å². The molecule has 1 aromatic heterocycles.